The fourth-order valence-corrected chi connectivity index (χ4v) is 3.48. The molecule has 0 saturated carbocycles. The lowest BCUT2D eigenvalue weighted by molar-refractivity contribution is 0.498. The van der Waals surface area contributed by atoms with E-state index in [1.807, 2.05) is 17.7 Å². The van der Waals surface area contributed by atoms with E-state index in [4.69, 9.17) is 5.73 Å². The van der Waals surface area contributed by atoms with Gasteiger partial charge in [0.1, 0.15) is 5.82 Å². The second-order valence-electron chi connectivity index (χ2n) is 3.82. The third kappa shape index (κ3) is 2.27. The molecule has 17 heavy (non-hydrogen) atoms. The molecule has 1 atom stereocenters. The van der Waals surface area contributed by atoms with Gasteiger partial charge < -0.3 is 5.73 Å². The first kappa shape index (κ1) is 12.7. The van der Waals surface area contributed by atoms with Crippen molar-refractivity contribution in [2.45, 2.75) is 18.9 Å². The molecule has 0 radical (unpaired) electrons. The summed E-state index contributed by atoms with van der Waals surface area (Å²) in [5.41, 5.74) is 7.42. The summed E-state index contributed by atoms with van der Waals surface area (Å²) in [6.07, 6.45) is 1.90. The molecule has 0 aromatic carbocycles. The predicted molar refractivity (Wildman–Crippen MR) is 71.5 cm³/mol. The van der Waals surface area contributed by atoms with Crippen molar-refractivity contribution in [3.05, 3.63) is 50.6 Å². The Morgan fingerprint density at radius 1 is 1.47 bits per heavy atom. The molecule has 2 rings (SSSR count). The van der Waals surface area contributed by atoms with Gasteiger partial charge in [0.2, 0.25) is 0 Å². The molecular formula is C12H12BrFN2S. The standard InChI is InChI=1S/C12H12BrFN2S/c1-2-12(15,9-6-17-7-10(9)13)11-4-3-8(14)5-16-11/h3-7H,2,15H2,1H3. The largest absolute Gasteiger partial charge is 0.316 e. The number of aromatic nitrogens is 1. The molecule has 2 N–H and O–H groups in total. The first-order valence-corrected chi connectivity index (χ1v) is 6.94. The molecule has 0 aliphatic carbocycles. The first-order valence-electron chi connectivity index (χ1n) is 5.21. The maximum atomic E-state index is 12.9. The van der Waals surface area contributed by atoms with Crippen LogP contribution in [0.1, 0.15) is 24.6 Å². The van der Waals surface area contributed by atoms with Crippen LogP contribution < -0.4 is 5.73 Å². The monoisotopic (exact) mass is 314 g/mol. The highest BCUT2D eigenvalue weighted by Gasteiger charge is 2.31. The highest BCUT2D eigenvalue weighted by molar-refractivity contribution is 9.10. The summed E-state index contributed by atoms with van der Waals surface area (Å²) in [4.78, 5) is 4.10. The van der Waals surface area contributed by atoms with Gasteiger partial charge in [0.05, 0.1) is 17.4 Å². The summed E-state index contributed by atoms with van der Waals surface area (Å²) >= 11 is 5.06. The highest BCUT2D eigenvalue weighted by atomic mass is 79.9. The Bertz CT molecular complexity index is 511. The lowest BCUT2D eigenvalue weighted by Crippen LogP contribution is -2.38. The van der Waals surface area contributed by atoms with E-state index in [9.17, 15) is 4.39 Å². The van der Waals surface area contributed by atoms with Crippen LogP contribution in [0.5, 0.6) is 0 Å². The minimum atomic E-state index is -0.674. The van der Waals surface area contributed by atoms with Crippen molar-refractivity contribution in [3.8, 4) is 0 Å². The molecule has 2 aromatic heterocycles. The molecule has 0 aliphatic heterocycles. The van der Waals surface area contributed by atoms with E-state index < -0.39 is 5.54 Å². The van der Waals surface area contributed by atoms with Crippen LogP contribution in [-0.2, 0) is 5.54 Å². The Morgan fingerprint density at radius 2 is 2.24 bits per heavy atom. The van der Waals surface area contributed by atoms with Gasteiger partial charge in [-0.3, -0.25) is 4.98 Å². The number of hydrogen-bond donors (Lipinski definition) is 1. The van der Waals surface area contributed by atoms with E-state index in [0.717, 1.165) is 10.0 Å². The highest BCUT2D eigenvalue weighted by Crippen LogP contribution is 2.36. The van der Waals surface area contributed by atoms with Crippen LogP contribution in [-0.4, -0.2) is 4.98 Å². The van der Waals surface area contributed by atoms with Gasteiger partial charge in [-0.1, -0.05) is 6.92 Å². The summed E-state index contributed by atoms with van der Waals surface area (Å²) in [5.74, 6) is -0.350. The Balaban J connectivity index is 2.51. The average molecular weight is 315 g/mol. The number of nitrogens with zero attached hydrogens (tertiary/aromatic N) is 1. The molecule has 0 spiro atoms. The maximum Gasteiger partial charge on any atom is 0.141 e. The van der Waals surface area contributed by atoms with Gasteiger partial charge in [0, 0.05) is 15.4 Å². The number of hydrogen-bond acceptors (Lipinski definition) is 3. The molecular weight excluding hydrogens is 303 g/mol. The number of halogens is 2. The number of nitrogens with two attached hydrogens (primary N) is 1. The molecule has 1 unspecified atom stereocenters. The van der Waals surface area contributed by atoms with Crippen LogP contribution in [0.15, 0.2) is 33.6 Å². The Hall–Kier alpha value is -0.780. The lowest BCUT2D eigenvalue weighted by atomic mass is 9.86. The topological polar surface area (TPSA) is 38.9 Å². The summed E-state index contributed by atoms with van der Waals surface area (Å²) in [5, 5.41) is 3.98. The van der Waals surface area contributed by atoms with Gasteiger partial charge in [-0.25, -0.2) is 4.39 Å². The lowest BCUT2D eigenvalue weighted by Gasteiger charge is -2.27. The van der Waals surface area contributed by atoms with Crippen molar-refractivity contribution < 1.29 is 4.39 Å². The fraction of sp³-hybridized carbons (Fsp3) is 0.250. The molecule has 0 fully saturated rings. The molecule has 2 aromatic rings. The minimum Gasteiger partial charge on any atom is -0.316 e. The smallest absolute Gasteiger partial charge is 0.141 e. The van der Waals surface area contributed by atoms with Crippen LogP contribution >= 0.6 is 27.3 Å². The number of rotatable bonds is 3. The number of pyridine rings is 1. The molecule has 0 aliphatic rings. The zero-order valence-corrected chi connectivity index (χ0v) is 11.7. The fourth-order valence-electron chi connectivity index (χ4n) is 1.75. The summed E-state index contributed by atoms with van der Waals surface area (Å²) in [6.45, 7) is 2.00. The Kier molecular flexibility index (Phi) is 3.61. The molecule has 5 heteroatoms. The predicted octanol–water partition coefficient (Wildman–Crippen LogP) is 3.66. The van der Waals surface area contributed by atoms with Crippen LogP contribution in [0.25, 0.3) is 0 Å². The Labute approximate surface area is 112 Å². The van der Waals surface area contributed by atoms with E-state index in [1.54, 1.807) is 17.4 Å². The summed E-state index contributed by atoms with van der Waals surface area (Å²) in [6, 6.07) is 3.03. The van der Waals surface area contributed by atoms with Crippen LogP contribution in [0.3, 0.4) is 0 Å². The van der Waals surface area contributed by atoms with Crippen molar-refractivity contribution in [1.29, 1.82) is 0 Å². The molecule has 2 nitrogen and oxygen atoms in total. The van der Waals surface area contributed by atoms with Crippen molar-refractivity contribution >= 4 is 27.3 Å². The molecule has 0 amide bonds. The van der Waals surface area contributed by atoms with Crippen LogP contribution in [0.4, 0.5) is 4.39 Å². The number of thiophene rings is 1. The SMILES string of the molecule is CCC(N)(c1ccc(F)cn1)c1cscc1Br. The van der Waals surface area contributed by atoms with Crippen LogP contribution in [0, 0.1) is 5.82 Å². The molecule has 0 bridgehead atoms. The average Bonchev–Trinajstić information content (AvgIpc) is 2.76. The van der Waals surface area contributed by atoms with E-state index in [1.165, 1.54) is 12.3 Å². The van der Waals surface area contributed by atoms with Gasteiger partial charge in [-0.05, 0) is 39.9 Å². The second-order valence-corrected chi connectivity index (χ2v) is 5.42. The van der Waals surface area contributed by atoms with Gasteiger partial charge in [0.15, 0.2) is 0 Å². The van der Waals surface area contributed by atoms with E-state index >= 15 is 0 Å². The van der Waals surface area contributed by atoms with E-state index in [2.05, 4.69) is 20.9 Å². The third-order valence-electron chi connectivity index (χ3n) is 2.84. The summed E-state index contributed by atoms with van der Waals surface area (Å²) in [7, 11) is 0. The van der Waals surface area contributed by atoms with E-state index in [0.29, 0.717) is 12.1 Å². The zero-order valence-electron chi connectivity index (χ0n) is 9.28. The van der Waals surface area contributed by atoms with Crippen molar-refractivity contribution in [3.63, 3.8) is 0 Å². The van der Waals surface area contributed by atoms with Crippen molar-refractivity contribution in [2.24, 2.45) is 5.73 Å². The van der Waals surface area contributed by atoms with Gasteiger partial charge in [-0.15, -0.1) is 0 Å². The first-order chi connectivity index (χ1) is 8.08. The minimum absolute atomic E-state index is 0.350. The third-order valence-corrected chi connectivity index (χ3v) is 4.54. The van der Waals surface area contributed by atoms with E-state index in [-0.39, 0.29) is 5.82 Å². The molecule has 90 valence electrons. The van der Waals surface area contributed by atoms with Gasteiger partial charge in [-0.2, -0.15) is 11.3 Å². The second kappa shape index (κ2) is 4.84. The molecule has 2 heterocycles. The van der Waals surface area contributed by atoms with Gasteiger partial charge >= 0.3 is 0 Å². The molecule has 0 saturated heterocycles. The Morgan fingerprint density at radius 3 is 2.71 bits per heavy atom. The normalized spacial score (nSPS) is 14.6. The zero-order chi connectivity index (χ0) is 12.5. The van der Waals surface area contributed by atoms with Crippen molar-refractivity contribution in [2.75, 3.05) is 0 Å². The summed E-state index contributed by atoms with van der Waals surface area (Å²) < 4.78 is 13.9. The maximum absolute atomic E-state index is 12.9. The quantitative estimate of drug-likeness (QED) is 0.939. The van der Waals surface area contributed by atoms with Crippen LogP contribution in [0.2, 0.25) is 0 Å². The van der Waals surface area contributed by atoms with Gasteiger partial charge in [0.25, 0.3) is 0 Å². The van der Waals surface area contributed by atoms with Crippen molar-refractivity contribution in [1.82, 2.24) is 4.98 Å².